The predicted molar refractivity (Wildman–Crippen MR) is 59.8 cm³/mol. The van der Waals surface area contributed by atoms with Crippen molar-refractivity contribution in [3.8, 4) is 0 Å². The molecule has 0 rings (SSSR count). The molecule has 0 aliphatic carbocycles. The van der Waals surface area contributed by atoms with Crippen LogP contribution in [0, 0.1) is 5.41 Å². The number of rotatable bonds is 7. The van der Waals surface area contributed by atoms with E-state index in [0.29, 0.717) is 11.5 Å². The van der Waals surface area contributed by atoms with Gasteiger partial charge in [-0.15, -0.1) is 0 Å². The standard InChI is InChI=1S/C11H26N2/c1-5-10(4)13-9-11(6-2,7-3)8-12/h10,13H,5-9,12H2,1-4H3. The van der Waals surface area contributed by atoms with E-state index in [0.717, 1.165) is 13.1 Å². The number of hydrogen-bond donors (Lipinski definition) is 2. The molecule has 0 fully saturated rings. The van der Waals surface area contributed by atoms with E-state index in [2.05, 4.69) is 33.0 Å². The molecule has 0 bridgehead atoms. The van der Waals surface area contributed by atoms with Crippen molar-refractivity contribution in [2.75, 3.05) is 13.1 Å². The van der Waals surface area contributed by atoms with Crippen LogP contribution < -0.4 is 11.1 Å². The second kappa shape index (κ2) is 6.39. The second-order valence-electron chi connectivity index (χ2n) is 4.10. The summed E-state index contributed by atoms with van der Waals surface area (Å²) in [6.07, 6.45) is 3.53. The molecule has 2 heteroatoms. The van der Waals surface area contributed by atoms with E-state index in [1.807, 2.05) is 0 Å². The molecule has 0 amide bonds. The molecule has 0 saturated carbocycles. The molecular weight excluding hydrogens is 160 g/mol. The average Bonchev–Trinajstić information content (AvgIpc) is 2.20. The van der Waals surface area contributed by atoms with Crippen molar-refractivity contribution in [3.63, 3.8) is 0 Å². The molecule has 0 aromatic heterocycles. The van der Waals surface area contributed by atoms with E-state index in [4.69, 9.17) is 5.73 Å². The summed E-state index contributed by atoms with van der Waals surface area (Å²) in [7, 11) is 0. The SMILES string of the molecule is CCC(C)NCC(CC)(CC)CN. The fourth-order valence-corrected chi connectivity index (χ4v) is 1.40. The summed E-state index contributed by atoms with van der Waals surface area (Å²) in [5.74, 6) is 0. The van der Waals surface area contributed by atoms with Gasteiger partial charge in [-0.2, -0.15) is 0 Å². The van der Waals surface area contributed by atoms with Crippen LogP contribution in [0.2, 0.25) is 0 Å². The first kappa shape index (κ1) is 12.9. The smallest absolute Gasteiger partial charge is 0.00363 e. The van der Waals surface area contributed by atoms with Gasteiger partial charge in [0.15, 0.2) is 0 Å². The Morgan fingerprint density at radius 1 is 1.23 bits per heavy atom. The van der Waals surface area contributed by atoms with Gasteiger partial charge >= 0.3 is 0 Å². The Balaban J connectivity index is 3.95. The normalized spacial score (nSPS) is 14.5. The van der Waals surface area contributed by atoms with E-state index < -0.39 is 0 Å². The first-order valence-corrected chi connectivity index (χ1v) is 5.57. The van der Waals surface area contributed by atoms with Crippen LogP contribution in [0.4, 0.5) is 0 Å². The first-order chi connectivity index (χ1) is 6.14. The molecule has 0 radical (unpaired) electrons. The molecule has 1 atom stereocenters. The van der Waals surface area contributed by atoms with Crippen LogP contribution in [-0.2, 0) is 0 Å². The summed E-state index contributed by atoms with van der Waals surface area (Å²) in [5, 5.41) is 3.55. The molecule has 13 heavy (non-hydrogen) atoms. The Morgan fingerprint density at radius 3 is 2.08 bits per heavy atom. The molecule has 0 aromatic rings. The van der Waals surface area contributed by atoms with E-state index >= 15 is 0 Å². The number of nitrogens with one attached hydrogen (secondary N) is 1. The van der Waals surface area contributed by atoms with Crippen LogP contribution in [0.3, 0.4) is 0 Å². The Bertz CT molecular complexity index is 111. The van der Waals surface area contributed by atoms with Gasteiger partial charge in [0.05, 0.1) is 0 Å². The van der Waals surface area contributed by atoms with Crippen molar-refractivity contribution in [1.29, 1.82) is 0 Å². The molecule has 0 spiro atoms. The van der Waals surface area contributed by atoms with E-state index in [-0.39, 0.29) is 0 Å². The molecule has 0 aliphatic rings. The lowest BCUT2D eigenvalue weighted by Gasteiger charge is -2.31. The molecule has 0 aliphatic heterocycles. The highest BCUT2D eigenvalue weighted by Crippen LogP contribution is 2.23. The van der Waals surface area contributed by atoms with Crippen molar-refractivity contribution in [3.05, 3.63) is 0 Å². The van der Waals surface area contributed by atoms with E-state index in [9.17, 15) is 0 Å². The Labute approximate surface area is 83.3 Å². The molecular formula is C11H26N2. The fourth-order valence-electron chi connectivity index (χ4n) is 1.40. The Hall–Kier alpha value is -0.0800. The van der Waals surface area contributed by atoms with Gasteiger partial charge in [-0.25, -0.2) is 0 Å². The highest BCUT2D eigenvalue weighted by atomic mass is 14.9. The molecule has 0 heterocycles. The molecule has 1 unspecified atom stereocenters. The number of hydrogen-bond acceptors (Lipinski definition) is 2. The Morgan fingerprint density at radius 2 is 1.77 bits per heavy atom. The van der Waals surface area contributed by atoms with Crippen LogP contribution in [0.1, 0.15) is 47.0 Å². The third-order valence-electron chi connectivity index (χ3n) is 3.37. The summed E-state index contributed by atoms with van der Waals surface area (Å²) in [4.78, 5) is 0. The topological polar surface area (TPSA) is 38.0 Å². The summed E-state index contributed by atoms with van der Waals surface area (Å²) >= 11 is 0. The van der Waals surface area contributed by atoms with Gasteiger partial charge < -0.3 is 11.1 Å². The lowest BCUT2D eigenvalue weighted by atomic mass is 9.82. The van der Waals surface area contributed by atoms with Crippen LogP contribution in [0.15, 0.2) is 0 Å². The fraction of sp³-hybridized carbons (Fsp3) is 1.00. The van der Waals surface area contributed by atoms with Gasteiger partial charge in [0.25, 0.3) is 0 Å². The molecule has 2 nitrogen and oxygen atoms in total. The zero-order valence-electron chi connectivity index (χ0n) is 9.69. The third kappa shape index (κ3) is 4.10. The van der Waals surface area contributed by atoms with Crippen molar-refractivity contribution in [1.82, 2.24) is 5.32 Å². The third-order valence-corrected chi connectivity index (χ3v) is 3.37. The number of nitrogens with two attached hydrogens (primary N) is 1. The maximum atomic E-state index is 5.82. The van der Waals surface area contributed by atoms with Crippen LogP contribution in [0.5, 0.6) is 0 Å². The summed E-state index contributed by atoms with van der Waals surface area (Å²) in [6, 6.07) is 0.615. The highest BCUT2D eigenvalue weighted by molar-refractivity contribution is 4.80. The van der Waals surface area contributed by atoms with Crippen LogP contribution in [-0.4, -0.2) is 19.1 Å². The van der Waals surface area contributed by atoms with Crippen molar-refractivity contribution >= 4 is 0 Å². The maximum Gasteiger partial charge on any atom is 0.00363 e. The summed E-state index contributed by atoms with van der Waals surface area (Å²) < 4.78 is 0. The lowest BCUT2D eigenvalue weighted by Crippen LogP contribution is -2.42. The van der Waals surface area contributed by atoms with Crippen LogP contribution in [0.25, 0.3) is 0 Å². The van der Waals surface area contributed by atoms with Gasteiger partial charge in [0.2, 0.25) is 0 Å². The minimum absolute atomic E-state index is 0.323. The van der Waals surface area contributed by atoms with Crippen molar-refractivity contribution < 1.29 is 0 Å². The van der Waals surface area contributed by atoms with Crippen molar-refractivity contribution in [2.45, 2.75) is 53.0 Å². The van der Waals surface area contributed by atoms with Gasteiger partial charge in [0.1, 0.15) is 0 Å². The zero-order valence-corrected chi connectivity index (χ0v) is 9.69. The van der Waals surface area contributed by atoms with E-state index in [1.54, 1.807) is 0 Å². The van der Waals surface area contributed by atoms with Gasteiger partial charge in [0, 0.05) is 12.6 Å². The van der Waals surface area contributed by atoms with Crippen LogP contribution >= 0.6 is 0 Å². The molecule has 80 valence electrons. The van der Waals surface area contributed by atoms with Gasteiger partial charge in [-0.1, -0.05) is 20.8 Å². The largest absolute Gasteiger partial charge is 0.330 e. The van der Waals surface area contributed by atoms with Gasteiger partial charge in [-0.05, 0) is 38.1 Å². The molecule has 3 N–H and O–H groups in total. The monoisotopic (exact) mass is 186 g/mol. The maximum absolute atomic E-state index is 5.82. The predicted octanol–water partition coefficient (Wildman–Crippen LogP) is 2.14. The minimum atomic E-state index is 0.323. The second-order valence-corrected chi connectivity index (χ2v) is 4.10. The molecule has 0 saturated heterocycles. The summed E-state index contributed by atoms with van der Waals surface area (Å²) in [5.41, 5.74) is 6.14. The quantitative estimate of drug-likeness (QED) is 0.639. The molecule has 0 aromatic carbocycles. The highest BCUT2D eigenvalue weighted by Gasteiger charge is 2.24. The minimum Gasteiger partial charge on any atom is -0.330 e. The van der Waals surface area contributed by atoms with Crippen molar-refractivity contribution in [2.24, 2.45) is 11.1 Å². The lowest BCUT2D eigenvalue weighted by molar-refractivity contribution is 0.248. The van der Waals surface area contributed by atoms with E-state index in [1.165, 1.54) is 19.3 Å². The van der Waals surface area contributed by atoms with Gasteiger partial charge in [-0.3, -0.25) is 0 Å². The average molecular weight is 186 g/mol. The zero-order chi connectivity index (χ0) is 10.3. The summed E-state index contributed by atoms with van der Waals surface area (Å²) in [6.45, 7) is 10.8. The Kier molecular flexibility index (Phi) is 6.35. The first-order valence-electron chi connectivity index (χ1n) is 5.57.